The summed E-state index contributed by atoms with van der Waals surface area (Å²) in [5.41, 5.74) is -0.804. The molecule has 0 aliphatic heterocycles. The Hall–Kier alpha value is -1.49. The number of ether oxygens (including phenoxy) is 1. The first-order valence-corrected chi connectivity index (χ1v) is 6.10. The topological polar surface area (TPSA) is 22.1 Å². The molecule has 1 heterocycles. The lowest BCUT2D eigenvalue weighted by molar-refractivity contribution is -0.141. The SMILES string of the molecule is CCCOc1cc(C(F)(F)F)nc2cc(Cl)ccc12. The fourth-order valence-electron chi connectivity index (χ4n) is 1.65. The molecule has 0 bridgehead atoms. The van der Waals surface area contributed by atoms with Crippen molar-refractivity contribution in [3.8, 4) is 5.75 Å². The van der Waals surface area contributed by atoms with Gasteiger partial charge in [-0.15, -0.1) is 0 Å². The molecule has 0 N–H and O–H groups in total. The van der Waals surface area contributed by atoms with Gasteiger partial charge in [0.25, 0.3) is 0 Å². The molecule has 0 radical (unpaired) electrons. The smallest absolute Gasteiger partial charge is 0.433 e. The predicted molar refractivity (Wildman–Crippen MR) is 67.5 cm³/mol. The average molecular weight is 290 g/mol. The molecule has 2 aromatic rings. The van der Waals surface area contributed by atoms with Crippen molar-refractivity contribution in [2.45, 2.75) is 19.5 Å². The van der Waals surface area contributed by atoms with E-state index in [2.05, 4.69) is 4.98 Å². The molecule has 6 heteroatoms. The monoisotopic (exact) mass is 289 g/mol. The second-order valence-corrected chi connectivity index (χ2v) is 4.45. The molecule has 0 unspecified atom stereocenters. The zero-order chi connectivity index (χ0) is 14.0. The van der Waals surface area contributed by atoms with Gasteiger partial charge in [0.05, 0.1) is 12.1 Å². The maximum absolute atomic E-state index is 12.8. The minimum atomic E-state index is -4.51. The molecule has 0 saturated heterocycles. The highest BCUT2D eigenvalue weighted by atomic mass is 35.5. The maximum Gasteiger partial charge on any atom is 0.433 e. The second-order valence-electron chi connectivity index (χ2n) is 4.01. The molecule has 0 saturated carbocycles. The van der Waals surface area contributed by atoms with Crippen LogP contribution in [-0.2, 0) is 6.18 Å². The Balaban J connectivity index is 2.62. The summed E-state index contributed by atoms with van der Waals surface area (Å²) in [5, 5.41) is 0.853. The fourth-order valence-corrected chi connectivity index (χ4v) is 1.81. The summed E-state index contributed by atoms with van der Waals surface area (Å²) in [7, 11) is 0. The van der Waals surface area contributed by atoms with Crippen LogP contribution in [0.1, 0.15) is 19.0 Å². The van der Waals surface area contributed by atoms with Gasteiger partial charge in [0.15, 0.2) is 0 Å². The summed E-state index contributed by atoms with van der Waals surface area (Å²) in [6.45, 7) is 2.23. The van der Waals surface area contributed by atoms with Gasteiger partial charge in [0.1, 0.15) is 11.4 Å². The van der Waals surface area contributed by atoms with Gasteiger partial charge in [-0.2, -0.15) is 13.2 Å². The van der Waals surface area contributed by atoms with Crippen molar-refractivity contribution in [3.63, 3.8) is 0 Å². The molecule has 0 spiro atoms. The van der Waals surface area contributed by atoms with E-state index in [-0.39, 0.29) is 11.3 Å². The number of nitrogens with zero attached hydrogens (tertiary/aromatic N) is 1. The van der Waals surface area contributed by atoms with Crippen LogP contribution in [0.4, 0.5) is 13.2 Å². The first-order chi connectivity index (χ1) is 8.91. The van der Waals surface area contributed by atoms with E-state index < -0.39 is 11.9 Å². The highest BCUT2D eigenvalue weighted by Crippen LogP contribution is 2.34. The van der Waals surface area contributed by atoms with Gasteiger partial charge in [-0.25, -0.2) is 4.98 Å². The van der Waals surface area contributed by atoms with E-state index >= 15 is 0 Å². The van der Waals surface area contributed by atoms with Crippen LogP contribution in [0, 0.1) is 0 Å². The van der Waals surface area contributed by atoms with E-state index in [4.69, 9.17) is 16.3 Å². The Labute approximate surface area is 113 Å². The number of hydrogen-bond acceptors (Lipinski definition) is 2. The standard InChI is InChI=1S/C13H11ClF3NO/c1-2-5-19-11-7-12(13(15,16)17)18-10-6-8(14)3-4-9(10)11/h3-4,6-7H,2,5H2,1H3. The van der Waals surface area contributed by atoms with E-state index in [1.165, 1.54) is 6.07 Å². The van der Waals surface area contributed by atoms with E-state index in [9.17, 15) is 13.2 Å². The quantitative estimate of drug-likeness (QED) is 0.817. The molecule has 0 aliphatic carbocycles. The van der Waals surface area contributed by atoms with Crippen molar-refractivity contribution in [1.29, 1.82) is 0 Å². The van der Waals surface area contributed by atoms with Crippen molar-refractivity contribution in [2.75, 3.05) is 6.61 Å². The van der Waals surface area contributed by atoms with Crippen LogP contribution in [0.2, 0.25) is 5.02 Å². The lowest BCUT2D eigenvalue weighted by Crippen LogP contribution is -2.09. The van der Waals surface area contributed by atoms with E-state index in [1.54, 1.807) is 12.1 Å². The molecule has 2 nitrogen and oxygen atoms in total. The van der Waals surface area contributed by atoms with Gasteiger partial charge in [-0.3, -0.25) is 0 Å². The number of rotatable bonds is 3. The minimum absolute atomic E-state index is 0.174. The van der Waals surface area contributed by atoms with Crippen LogP contribution >= 0.6 is 11.6 Å². The first kappa shape index (κ1) is 13.9. The van der Waals surface area contributed by atoms with Crippen LogP contribution in [0.3, 0.4) is 0 Å². The molecular weight excluding hydrogens is 279 g/mol. The summed E-state index contributed by atoms with van der Waals surface area (Å²) in [6, 6.07) is 5.52. The third-order valence-electron chi connectivity index (χ3n) is 2.49. The summed E-state index contributed by atoms with van der Waals surface area (Å²) < 4.78 is 43.7. The molecule has 0 aliphatic rings. The number of aromatic nitrogens is 1. The number of benzene rings is 1. The van der Waals surface area contributed by atoms with Crippen molar-refractivity contribution in [3.05, 3.63) is 35.0 Å². The molecule has 19 heavy (non-hydrogen) atoms. The average Bonchev–Trinajstić information content (AvgIpc) is 2.33. The minimum Gasteiger partial charge on any atom is -0.493 e. The van der Waals surface area contributed by atoms with Crippen LogP contribution < -0.4 is 4.74 Å². The predicted octanol–water partition coefficient (Wildman–Crippen LogP) is 4.70. The number of halogens is 4. The molecule has 0 amide bonds. The Bertz CT molecular complexity index is 598. The summed E-state index contributed by atoms with van der Waals surface area (Å²) >= 11 is 5.78. The second kappa shape index (κ2) is 5.25. The molecule has 1 aromatic carbocycles. The van der Waals surface area contributed by atoms with Crippen molar-refractivity contribution < 1.29 is 17.9 Å². The Morgan fingerprint density at radius 3 is 2.63 bits per heavy atom. The third kappa shape index (κ3) is 3.10. The van der Waals surface area contributed by atoms with Crippen molar-refractivity contribution in [2.24, 2.45) is 0 Å². The van der Waals surface area contributed by atoms with Gasteiger partial charge in [-0.05, 0) is 24.6 Å². The number of hydrogen-bond donors (Lipinski definition) is 0. The molecule has 1 aromatic heterocycles. The molecular formula is C13H11ClF3NO. The molecule has 0 fully saturated rings. The highest BCUT2D eigenvalue weighted by molar-refractivity contribution is 6.31. The maximum atomic E-state index is 12.8. The first-order valence-electron chi connectivity index (χ1n) is 5.72. The van der Waals surface area contributed by atoms with Gasteiger partial charge in [0.2, 0.25) is 0 Å². The van der Waals surface area contributed by atoms with Crippen LogP contribution in [0.25, 0.3) is 10.9 Å². The van der Waals surface area contributed by atoms with Gasteiger partial charge in [-0.1, -0.05) is 18.5 Å². The summed E-state index contributed by atoms with van der Waals surface area (Å²) in [4.78, 5) is 3.59. The van der Waals surface area contributed by atoms with Crippen molar-refractivity contribution in [1.82, 2.24) is 4.98 Å². The largest absolute Gasteiger partial charge is 0.493 e. The Morgan fingerprint density at radius 2 is 2.00 bits per heavy atom. The molecule has 2 rings (SSSR count). The van der Waals surface area contributed by atoms with Crippen molar-refractivity contribution >= 4 is 22.5 Å². The molecule has 102 valence electrons. The highest BCUT2D eigenvalue weighted by Gasteiger charge is 2.33. The van der Waals surface area contributed by atoms with E-state index in [0.29, 0.717) is 23.4 Å². The number of alkyl halides is 3. The molecule has 0 atom stereocenters. The summed E-state index contributed by atoms with van der Waals surface area (Å²) in [6.07, 6.45) is -3.81. The van der Waals surface area contributed by atoms with E-state index in [0.717, 1.165) is 6.07 Å². The lowest BCUT2D eigenvalue weighted by Gasteiger charge is -2.12. The van der Waals surface area contributed by atoms with Gasteiger partial charge < -0.3 is 4.74 Å². The van der Waals surface area contributed by atoms with Gasteiger partial charge in [0, 0.05) is 16.5 Å². The fraction of sp³-hybridized carbons (Fsp3) is 0.308. The summed E-state index contributed by atoms with van der Waals surface area (Å²) in [5.74, 6) is 0.177. The normalized spacial score (nSPS) is 11.8. The third-order valence-corrected chi connectivity index (χ3v) is 2.72. The lowest BCUT2D eigenvalue weighted by atomic mass is 10.1. The van der Waals surface area contributed by atoms with Crippen LogP contribution in [0.5, 0.6) is 5.75 Å². The van der Waals surface area contributed by atoms with Gasteiger partial charge >= 0.3 is 6.18 Å². The van der Waals surface area contributed by atoms with Crippen LogP contribution in [0.15, 0.2) is 24.3 Å². The zero-order valence-electron chi connectivity index (χ0n) is 10.1. The number of pyridine rings is 1. The van der Waals surface area contributed by atoms with Crippen LogP contribution in [-0.4, -0.2) is 11.6 Å². The zero-order valence-corrected chi connectivity index (χ0v) is 10.8. The number of fused-ring (bicyclic) bond motifs is 1. The Kier molecular flexibility index (Phi) is 3.85. The van der Waals surface area contributed by atoms with E-state index in [1.807, 2.05) is 6.92 Å². The Morgan fingerprint density at radius 1 is 1.26 bits per heavy atom.